The normalized spacial score (nSPS) is 23.7. The van der Waals surface area contributed by atoms with Gasteiger partial charge in [0.1, 0.15) is 23.2 Å². The third-order valence-corrected chi connectivity index (χ3v) is 13.7. The van der Waals surface area contributed by atoms with Gasteiger partial charge in [0.05, 0.1) is 60.1 Å². The molecule has 0 spiro atoms. The summed E-state index contributed by atoms with van der Waals surface area (Å²) in [5, 5.41) is 23.6. The third kappa shape index (κ3) is 7.87. The average Bonchev–Trinajstić information content (AvgIpc) is 4.10. The molecule has 332 valence electrons. The fourth-order valence-electron chi connectivity index (χ4n) is 10.2. The molecule has 20 heteroatoms. The van der Waals surface area contributed by atoms with Gasteiger partial charge in [0.15, 0.2) is 11.3 Å². The van der Waals surface area contributed by atoms with E-state index in [9.17, 15) is 23.2 Å². The second-order valence-electron chi connectivity index (χ2n) is 17.6. The largest absolute Gasteiger partial charge is 0.381 e. The van der Waals surface area contributed by atoms with Crippen LogP contribution in [-0.2, 0) is 21.4 Å². The zero-order valence-electron chi connectivity index (χ0n) is 35.4. The van der Waals surface area contributed by atoms with E-state index in [0.29, 0.717) is 54.0 Å². The lowest BCUT2D eigenvalue weighted by Gasteiger charge is -2.38. The van der Waals surface area contributed by atoms with Gasteiger partial charge in [-0.15, -0.1) is 5.10 Å². The van der Waals surface area contributed by atoms with Crippen LogP contribution < -0.4 is 21.2 Å². The van der Waals surface area contributed by atoms with Crippen LogP contribution in [0.15, 0.2) is 53.8 Å². The lowest BCUT2D eigenvalue weighted by atomic mass is 9.84. The van der Waals surface area contributed by atoms with Crippen LogP contribution in [0.3, 0.4) is 0 Å². The first-order chi connectivity index (χ1) is 30.6. The maximum atomic E-state index is 14.5. The first-order valence-corrected chi connectivity index (χ1v) is 22.1. The van der Waals surface area contributed by atoms with Crippen LogP contribution >= 0.6 is 0 Å². The molecule has 10 rings (SSSR count). The Morgan fingerprint density at radius 3 is 2.54 bits per heavy atom. The number of rotatable bonds is 11. The Labute approximate surface area is 361 Å². The number of anilines is 2. The van der Waals surface area contributed by atoms with Crippen LogP contribution in [0.1, 0.15) is 88.4 Å². The number of nitrogens with zero attached hydrogens (tertiary/aromatic N) is 12. The lowest BCUT2D eigenvalue weighted by Crippen LogP contribution is -2.44. The predicted octanol–water partition coefficient (Wildman–Crippen LogP) is 4.67. The summed E-state index contributed by atoms with van der Waals surface area (Å²) in [7, 11) is 3.94. The van der Waals surface area contributed by atoms with Gasteiger partial charge in [-0.2, -0.15) is 10.2 Å². The fourth-order valence-corrected chi connectivity index (χ4v) is 10.2. The van der Waals surface area contributed by atoms with Crippen LogP contribution in [0.5, 0.6) is 0 Å². The molecular weight excluding hydrogens is 815 g/mol. The summed E-state index contributed by atoms with van der Waals surface area (Å²) >= 11 is 0. The minimum absolute atomic E-state index is 0.00890. The molecule has 6 aromatic rings. The molecule has 63 heavy (non-hydrogen) atoms. The maximum Gasteiger partial charge on any atom is 0.329 e. The van der Waals surface area contributed by atoms with Crippen molar-refractivity contribution in [2.45, 2.75) is 94.8 Å². The Hall–Kier alpha value is -6.02. The van der Waals surface area contributed by atoms with Crippen molar-refractivity contribution in [3.05, 3.63) is 65.2 Å². The number of piperidine rings is 1. The van der Waals surface area contributed by atoms with E-state index in [1.54, 1.807) is 39.4 Å². The van der Waals surface area contributed by atoms with Gasteiger partial charge in [-0.3, -0.25) is 28.7 Å². The minimum atomic E-state index is -2.78. The number of hydrogen-bond acceptors (Lipinski definition) is 12. The number of aromatic nitrogens is 10. The molecular formula is C43H52F2N14O4. The van der Waals surface area contributed by atoms with Gasteiger partial charge in [0.25, 0.3) is 6.43 Å². The molecule has 2 N–H and O–H groups in total. The number of aryl methyl sites for hydroxylation is 1. The number of para-hydroxylation sites is 1. The van der Waals surface area contributed by atoms with Crippen molar-refractivity contribution < 1.29 is 23.1 Å². The van der Waals surface area contributed by atoms with Gasteiger partial charge >= 0.3 is 5.69 Å². The number of imidazole rings is 1. The Kier molecular flexibility index (Phi) is 11.0. The van der Waals surface area contributed by atoms with E-state index in [4.69, 9.17) is 9.72 Å². The van der Waals surface area contributed by atoms with Gasteiger partial charge in [-0.05, 0) is 89.0 Å². The summed E-state index contributed by atoms with van der Waals surface area (Å²) < 4.78 is 42.3. The number of carbonyl (C=O) groups excluding carboxylic acids is 2. The smallest absolute Gasteiger partial charge is 0.329 e. The number of carbonyl (C=O) groups is 2. The molecule has 2 amide bonds. The van der Waals surface area contributed by atoms with Gasteiger partial charge in [-0.25, -0.2) is 27.8 Å². The van der Waals surface area contributed by atoms with Crippen molar-refractivity contribution in [2.24, 2.45) is 13.0 Å². The molecule has 1 aromatic carbocycles. The highest BCUT2D eigenvalue weighted by Crippen LogP contribution is 2.37. The molecule has 18 nitrogen and oxygen atoms in total. The first kappa shape index (κ1) is 41.0. The summed E-state index contributed by atoms with van der Waals surface area (Å²) in [5.41, 5.74) is 3.63. The number of alkyl halides is 2. The van der Waals surface area contributed by atoms with E-state index in [0.717, 1.165) is 88.0 Å². The van der Waals surface area contributed by atoms with Crippen molar-refractivity contribution in [3.63, 3.8) is 0 Å². The molecule has 5 aromatic heterocycles. The van der Waals surface area contributed by atoms with Crippen LogP contribution in [0.25, 0.3) is 33.6 Å². The summed E-state index contributed by atoms with van der Waals surface area (Å²) in [4.78, 5) is 47.4. The third-order valence-electron chi connectivity index (χ3n) is 13.7. The highest BCUT2D eigenvalue weighted by molar-refractivity contribution is 6.00. The number of ether oxygens (including phenoxy) is 1. The maximum absolute atomic E-state index is 14.5. The van der Waals surface area contributed by atoms with Crippen LogP contribution in [-0.4, -0.2) is 117 Å². The number of benzene rings is 1. The molecule has 1 atom stereocenters. The van der Waals surface area contributed by atoms with E-state index in [1.807, 2.05) is 30.5 Å². The SMILES string of the molecule is CN(CC1CCC(n2cc(-n3cc(-c4cnn5ccc(N6CCOCC6)nc45)nn3)c(C(F)F)n2)CC1)C1CCC(Nc2cccc3c2n(C)c(=O)n3C2CCC(=O)NC2=O)CC1. The second kappa shape index (κ2) is 16.9. The molecule has 0 bridgehead atoms. The summed E-state index contributed by atoms with van der Waals surface area (Å²) in [6.45, 7) is 3.73. The zero-order chi connectivity index (χ0) is 43.4. The topological polar surface area (TPSA) is 180 Å². The molecule has 2 saturated heterocycles. The van der Waals surface area contributed by atoms with Crippen LogP contribution in [0.4, 0.5) is 20.3 Å². The van der Waals surface area contributed by atoms with E-state index >= 15 is 0 Å². The number of imide groups is 1. The number of nitrogens with one attached hydrogen (secondary N) is 2. The number of hydrogen-bond donors (Lipinski definition) is 2. The van der Waals surface area contributed by atoms with Gasteiger partial charge in [0, 0.05) is 51.4 Å². The highest BCUT2D eigenvalue weighted by atomic mass is 19.3. The number of fused-ring (bicyclic) bond motifs is 2. The second-order valence-corrected chi connectivity index (χ2v) is 17.6. The van der Waals surface area contributed by atoms with E-state index < -0.39 is 18.4 Å². The first-order valence-electron chi connectivity index (χ1n) is 22.1. The summed E-state index contributed by atoms with van der Waals surface area (Å²) in [5.74, 6) is 0.553. The number of morpholine rings is 1. The molecule has 2 aliphatic heterocycles. The monoisotopic (exact) mass is 866 g/mol. The highest BCUT2D eigenvalue weighted by Gasteiger charge is 2.33. The fraction of sp³-hybridized carbons (Fsp3) is 0.535. The summed E-state index contributed by atoms with van der Waals surface area (Å²) in [6.07, 6.45) is 12.2. The molecule has 7 heterocycles. The van der Waals surface area contributed by atoms with E-state index in [-0.39, 0.29) is 41.5 Å². The predicted molar refractivity (Wildman–Crippen MR) is 229 cm³/mol. The Bertz CT molecular complexity index is 2700. The van der Waals surface area contributed by atoms with Crippen molar-refractivity contribution >= 4 is 40.0 Å². The van der Waals surface area contributed by atoms with Gasteiger partial charge in [-0.1, -0.05) is 11.3 Å². The molecule has 1 unspecified atom stereocenters. The molecule has 2 saturated carbocycles. The molecule has 0 radical (unpaired) electrons. The Balaban J connectivity index is 0.745. The Morgan fingerprint density at radius 2 is 1.78 bits per heavy atom. The quantitative estimate of drug-likeness (QED) is 0.172. The van der Waals surface area contributed by atoms with Gasteiger partial charge < -0.3 is 19.9 Å². The minimum Gasteiger partial charge on any atom is -0.381 e. The molecule has 4 aliphatic rings. The Morgan fingerprint density at radius 1 is 0.984 bits per heavy atom. The molecule has 2 aliphatic carbocycles. The van der Waals surface area contributed by atoms with Crippen LogP contribution in [0.2, 0.25) is 0 Å². The van der Waals surface area contributed by atoms with Crippen molar-refractivity contribution in [2.75, 3.05) is 50.1 Å². The molecule has 4 fully saturated rings. The van der Waals surface area contributed by atoms with Crippen molar-refractivity contribution in [1.82, 2.24) is 58.7 Å². The van der Waals surface area contributed by atoms with Crippen LogP contribution in [0, 0.1) is 5.92 Å². The van der Waals surface area contributed by atoms with Crippen molar-refractivity contribution in [1.29, 1.82) is 0 Å². The lowest BCUT2D eigenvalue weighted by molar-refractivity contribution is -0.135. The van der Waals surface area contributed by atoms with Crippen molar-refractivity contribution in [3.8, 4) is 16.9 Å². The average molecular weight is 867 g/mol. The van der Waals surface area contributed by atoms with Gasteiger partial charge in [0.2, 0.25) is 11.8 Å². The van der Waals surface area contributed by atoms with E-state index in [2.05, 4.69) is 48.0 Å². The number of amides is 2. The zero-order valence-corrected chi connectivity index (χ0v) is 35.4. The van der Waals surface area contributed by atoms with E-state index in [1.165, 1.54) is 9.25 Å². The standard InChI is InChI=1S/C43H52F2N14O4/c1-53(28-12-8-27(9-13-28)47-31-4-3-5-33-39(31)54(2)43(62)59(33)34-14-15-37(60)49-42(34)61)23-26-6-10-29(11-7-26)57-25-35(38(51-57)40(44)45)58-24-32(50-52-58)30-22-46-56-17-16-36(48-41(30)56)55-18-20-63-21-19-55/h3-5,16-17,22,24-29,34,40,47H,6-15,18-21,23H2,1-2H3,(H,49,60,61). The number of halogens is 2. The summed E-state index contributed by atoms with van der Waals surface area (Å²) in [6, 6.07) is 7.63.